The van der Waals surface area contributed by atoms with Gasteiger partial charge in [-0.25, -0.2) is 4.79 Å². The SMILES string of the molecule is C/C=C/Cn1c(=O)c2c(nc3n([C@@H](C)CC)c(C)cn23)n(C)c1=O. The van der Waals surface area contributed by atoms with Crippen molar-refractivity contribution in [2.45, 2.75) is 46.7 Å². The number of allylic oxidation sites excluding steroid dienone is 2. The summed E-state index contributed by atoms with van der Waals surface area (Å²) in [4.78, 5) is 30.0. The molecule has 7 nitrogen and oxygen atoms in total. The maximum Gasteiger partial charge on any atom is 0.332 e. The Morgan fingerprint density at radius 3 is 2.67 bits per heavy atom. The van der Waals surface area contributed by atoms with Crippen LogP contribution in [0.3, 0.4) is 0 Å². The lowest BCUT2D eigenvalue weighted by Crippen LogP contribution is -2.39. The normalized spacial score (nSPS) is 13.5. The van der Waals surface area contributed by atoms with Gasteiger partial charge in [0.25, 0.3) is 5.56 Å². The van der Waals surface area contributed by atoms with E-state index < -0.39 is 0 Å². The molecule has 7 heteroatoms. The minimum absolute atomic E-state index is 0.260. The first-order valence-electron chi connectivity index (χ1n) is 8.22. The standard InChI is InChI=1S/C17H23N5O2/c1-6-8-9-20-15(23)13-14(19(5)17(20)24)18-16-21(13)10-12(4)22(16)11(3)7-2/h6,8,10-11H,7,9H2,1-5H3/b8-6+/t11-/m0/s1. The minimum Gasteiger partial charge on any atom is -0.311 e. The third-order valence-electron chi connectivity index (χ3n) is 4.62. The van der Waals surface area contributed by atoms with Crippen LogP contribution in [0.25, 0.3) is 16.9 Å². The summed E-state index contributed by atoms with van der Waals surface area (Å²) < 4.78 is 6.61. The van der Waals surface area contributed by atoms with Gasteiger partial charge in [0.2, 0.25) is 5.78 Å². The largest absolute Gasteiger partial charge is 0.332 e. The molecule has 3 aromatic heterocycles. The molecular formula is C17H23N5O2. The van der Waals surface area contributed by atoms with E-state index in [1.54, 1.807) is 13.1 Å². The summed E-state index contributed by atoms with van der Waals surface area (Å²) in [6.07, 6.45) is 6.50. The fourth-order valence-corrected chi connectivity index (χ4v) is 3.13. The number of rotatable bonds is 4. The first-order valence-corrected chi connectivity index (χ1v) is 8.22. The highest BCUT2D eigenvalue weighted by Crippen LogP contribution is 2.21. The molecular weight excluding hydrogens is 306 g/mol. The summed E-state index contributed by atoms with van der Waals surface area (Å²) in [5.41, 5.74) is 1.26. The van der Waals surface area contributed by atoms with Gasteiger partial charge in [0.15, 0.2) is 11.2 Å². The Bertz CT molecular complexity index is 1060. The topological polar surface area (TPSA) is 66.2 Å². The highest BCUT2D eigenvalue weighted by atomic mass is 16.2. The van der Waals surface area contributed by atoms with E-state index in [9.17, 15) is 9.59 Å². The van der Waals surface area contributed by atoms with Gasteiger partial charge in [-0.2, -0.15) is 4.98 Å². The maximum atomic E-state index is 12.9. The molecule has 0 N–H and O–H groups in total. The summed E-state index contributed by atoms with van der Waals surface area (Å²) in [5.74, 6) is 0.702. The van der Waals surface area contributed by atoms with E-state index in [1.807, 2.05) is 30.5 Å². The Morgan fingerprint density at radius 2 is 2.04 bits per heavy atom. The van der Waals surface area contributed by atoms with Crippen LogP contribution in [0.1, 0.15) is 38.9 Å². The Morgan fingerprint density at radius 1 is 1.33 bits per heavy atom. The summed E-state index contributed by atoms with van der Waals surface area (Å²) in [7, 11) is 1.66. The van der Waals surface area contributed by atoms with Crippen LogP contribution < -0.4 is 11.2 Å². The van der Waals surface area contributed by atoms with E-state index in [0.29, 0.717) is 16.9 Å². The third-order valence-corrected chi connectivity index (χ3v) is 4.62. The number of nitrogens with zero attached hydrogens (tertiary/aromatic N) is 5. The van der Waals surface area contributed by atoms with Crippen molar-refractivity contribution in [3.8, 4) is 0 Å². The van der Waals surface area contributed by atoms with Crippen molar-refractivity contribution in [3.05, 3.63) is 44.9 Å². The van der Waals surface area contributed by atoms with Crippen LogP contribution in [-0.2, 0) is 13.6 Å². The number of aryl methyl sites for hydroxylation is 2. The van der Waals surface area contributed by atoms with Crippen molar-refractivity contribution >= 4 is 16.9 Å². The van der Waals surface area contributed by atoms with Crippen LogP contribution in [0.2, 0.25) is 0 Å². The average molecular weight is 329 g/mol. The fraction of sp³-hybridized carbons (Fsp3) is 0.471. The van der Waals surface area contributed by atoms with Crippen LogP contribution in [0.5, 0.6) is 0 Å². The minimum atomic E-state index is -0.349. The molecule has 3 heterocycles. The number of hydrogen-bond acceptors (Lipinski definition) is 3. The molecule has 0 aliphatic carbocycles. The fourth-order valence-electron chi connectivity index (χ4n) is 3.13. The molecule has 0 bridgehead atoms. The molecule has 1 atom stereocenters. The van der Waals surface area contributed by atoms with Gasteiger partial charge in [-0.15, -0.1) is 0 Å². The monoisotopic (exact) mass is 329 g/mol. The lowest BCUT2D eigenvalue weighted by molar-refractivity contribution is 0.532. The Balaban J connectivity index is 2.46. The first kappa shape index (κ1) is 16.3. The van der Waals surface area contributed by atoms with Gasteiger partial charge in [0.05, 0.1) is 0 Å². The van der Waals surface area contributed by atoms with Crippen molar-refractivity contribution in [1.82, 2.24) is 23.1 Å². The Labute approximate surface area is 139 Å². The molecule has 0 aliphatic heterocycles. The van der Waals surface area contributed by atoms with Gasteiger partial charge in [0, 0.05) is 31.5 Å². The molecule has 0 spiro atoms. The Hall–Kier alpha value is -2.57. The second-order valence-electron chi connectivity index (χ2n) is 6.18. The van der Waals surface area contributed by atoms with Gasteiger partial charge >= 0.3 is 5.69 Å². The molecule has 0 saturated heterocycles. The zero-order chi connectivity index (χ0) is 17.6. The summed E-state index contributed by atoms with van der Waals surface area (Å²) >= 11 is 0. The van der Waals surface area contributed by atoms with E-state index in [1.165, 1.54) is 9.13 Å². The molecule has 0 saturated carbocycles. The van der Waals surface area contributed by atoms with Crippen molar-refractivity contribution < 1.29 is 0 Å². The number of hydrogen-bond donors (Lipinski definition) is 0. The van der Waals surface area contributed by atoms with Crippen molar-refractivity contribution in [1.29, 1.82) is 0 Å². The van der Waals surface area contributed by atoms with Gasteiger partial charge < -0.3 is 4.57 Å². The van der Waals surface area contributed by atoms with Crippen molar-refractivity contribution in [2.75, 3.05) is 0 Å². The van der Waals surface area contributed by atoms with Crippen molar-refractivity contribution in [2.24, 2.45) is 7.05 Å². The molecule has 0 amide bonds. The first-order chi connectivity index (χ1) is 11.4. The average Bonchev–Trinajstić information content (AvgIpc) is 3.06. The van der Waals surface area contributed by atoms with Crippen LogP contribution in [0, 0.1) is 6.92 Å². The van der Waals surface area contributed by atoms with Crippen LogP contribution in [0.15, 0.2) is 27.9 Å². The maximum absolute atomic E-state index is 12.9. The van der Waals surface area contributed by atoms with Crippen LogP contribution in [-0.4, -0.2) is 23.1 Å². The zero-order valence-corrected chi connectivity index (χ0v) is 14.8. The van der Waals surface area contributed by atoms with E-state index in [-0.39, 0.29) is 23.8 Å². The predicted octanol–water partition coefficient (Wildman–Crippen LogP) is 2.00. The quantitative estimate of drug-likeness (QED) is 0.688. The summed E-state index contributed by atoms with van der Waals surface area (Å²) in [5, 5.41) is 0. The molecule has 0 unspecified atom stereocenters. The molecule has 0 aromatic carbocycles. The zero-order valence-electron chi connectivity index (χ0n) is 14.8. The van der Waals surface area contributed by atoms with E-state index >= 15 is 0 Å². The highest BCUT2D eigenvalue weighted by molar-refractivity contribution is 5.75. The molecule has 128 valence electrons. The number of fused-ring (bicyclic) bond motifs is 3. The molecule has 0 aliphatic rings. The summed E-state index contributed by atoms with van der Waals surface area (Å²) in [6.45, 7) is 8.36. The van der Waals surface area contributed by atoms with Gasteiger partial charge in [-0.1, -0.05) is 19.1 Å². The smallest absolute Gasteiger partial charge is 0.311 e. The molecule has 0 fully saturated rings. The molecule has 24 heavy (non-hydrogen) atoms. The number of aromatic nitrogens is 5. The third kappa shape index (κ3) is 2.15. The van der Waals surface area contributed by atoms with Crippen LogP contribution in [0.4, 0.5) is 0 Å². The second-order valence-corrected chi connectivity index (χ2v) is 6.18. The molecule has 0 radical (unpaired) electrons. The predicted molar refractivity (Wildman–Crippen MR) is 94.7 cm³/mol. The summed E-state index contributed by atoms with van der Waals surface area (Å²) in [6, 6.07) is 0.265. The second kappa shape index (κ2) is 5.81. The molecule has 3 rings (SSSR count). The van der Waals surface area contributed by atoms with Crippen molar-refractivity contribution in [3.63, 3.8) is 0 Å². The van der Waals surface area contributed by atoms with Crippen LogP contribution >= 0.6 is 0 Å². The molecule has 3 aromatic rings. The number of imidazole rings is 2. The van der Waals surface area contributed by atoms with E-state index in [2.05, 4.69) is 23.4 Å². The van der Waals surface area contributed by atoms with Gasteiger partial charge in [-0.05, 0) is 27.2 Å². The lowest BCUT2D eigenvalue weighted by atomic mass is 10.2. The Kier molecular flexibility index (Phi) is 3.95. The van der Waals surface area contributed by atoms with E-state index in [4.69, 9.17) is 0 Å². The van der Waals surface area contributed by atoms with Gasteiger partial charge in [0.1, 0.15) is 0 Å². The lowest BCUT2D eigenvalue weighted by Gasteiger charge is -2.12. The van der Waals surface area contributed by atoms with Gasteiger partial charge in [-0.3, -0.25) is 18.3 Å². The van der Waals surface area contributed by atoms with E-state index in [0.717, 1.165) is 12.1 Å². The highest BCUT2D eigenvalue weighted by Gasteiger charge is 2.21.